The van der Waals surface area contributed by atoms with E-state index in [0.29, 0.717) is 18.3 Å². The monoisotopic (exact) mass is 297 g/mol. The van der Waals surface area contributed by atoms with Gasteiger partial charge in [-0.2, -0.15) is 13.2 Å². The third-order valence-electron chi connectivity index (χ3n) is 5.28. The summed E-state index contributed by atoms with van der Waals surface area (Å²) < 4.78 is 38.7. The van der Waals surface area contributed by atoms with E-state index in [9.17, 15) is 13.2 Å². The van der Waals surface area contributed by atoms with E-state index in [-0.39, 0.29) is 24.8 Å². The van der Waals surface area contributed by atoms with E-state index in [1.54, 1.807) is 0 Å². The van der Waals surface area contributed by atoms with Gasteiger partial charge in [0.2, 0.25) is 0 Å². The summed E-state index contributed by atoms with van der Waals surface area (Å²) >= 11 is 0. The summed E-state index contributed by atoms with van der Waals surface area (Å²) in [5, 5.41) is 0. The lowest BCUT2D eigenvalue weighted by Gasteiger charge is -2.34. The first-order chi connectivity index (χ1) is 9.97. The van der Waals surface area contributed by atoms with Crippen LogP contribution in [0.4, 0.5) is 13.2 Å². The third kappa shape index (κ3) is 3.25. The molecule has 116 valence electrons. The van der Waals surface area contributed by atoms with Crippen molar-refractivity contribution < 1.29 is 13.2 Å². The van der Waals surface area contributed by atoms with E-state index < -0.39 is 12.1 Å². The summed E-state index contributed by atoms with van der Waals surface area (Å²) in [6.07, 6.45) is -1.02. The van der Waals surface area contributed by atoms with Crippen LogP contribution in [0.5, 0.6) is 0 Å². The second-order valence-electron chi connectivity index (χ2n) is 6.66. The summed E-state index contributed by atoms with van der Waals surface area (Å²) in [5.74, 6) is -0.294. The molecule has 0 radical (unpaired) electrons. The molecule has 5 atom stereocenters. The van der Waals surface area contributed by atoms with Crippen molar-refractivity contribution in [1.82, 2.24) is 0 Å². The van der Waals surface area contributed by atoms with Gasteiger partial charge in [0, 0.05) is 6.04 Å². The van der Waals surface area contributed by atoms with Crippen molar-refractivity contribution in [2.75, 3.05) is 0 Å². The normalized spacial score (nSPS) is 34.5. The summed E-state index contributed by atoms with van der Waals surface area (Å²) in [6.45, 7) is 0. The Balaban J connectivity index is 1.60. The molecule has 1 nitrogen and oxygen atoms in total. The molecule has 2 aliphatic rings. The van der Waals surface area contributed by atoms with Crippen molar-refractivity contribution in [1.29, 1.82) is 0 Å². The number of benzene rings is 1. The number of hydrogen-bond donors (Lipinski definition) is 1. The number of alkyl halides is 3. The number of halogens is 3. The first kappa shape index (κ1) is 14.9. The molecule has 2 aliphatic carbocycles. The molecule has 5 unspecified atom stereocenters. The van der Waals surface area contributed by atoms with Gasteiger partial charge in [0.05, 0.1) is 5.92 Å². The van der Waals surface area contributed by atoms with Crippen LogP contribution in [0, 0.1) is 17.8 Å². The molecular formula is C17H22F3N. The van der Waals surface area contributed by atoms with Gasteiger partial charge in [-0.1, -0.05) is 36.8 Å². The van der Waals surface area contributed by atoms with Crippen molar-refractivity contribution >= 4 is 0 Å². The number of hydrogen-bond acceptors (Lipinski definition) is 1. The lowest BCUT2D eigenvalue weighted by molar-refractivity contribution is -0.186. The van der Waals surface area contributed by atoms with E-state index in [1.165, 1.54) is 5.56 Å². The molecule has 1 aromatic rings. The molecule has 0 aromatic heterocycles. The fraction of sp³-hybridized carbons (Fsp3) is 0.647. The zero-order valence-electron chi connectivity index (χ0n) is 12.0. The Morgan fingerprint density at radius 3 is 2.43 bits per heavy atom. The Morgan fingerprint density at radius 1 is 1.05 bits per heavy atom. The van der Waals surface area contributed by atoms with Gasteiger partial charge in [-0.25, -0.2) is 0 Å². The van der Waals surface area contributed by atoms with Crippen molar-refractivity contribution in [3.63, 3.8) is 0 Å². The molecule has 0 amide bonds. The van der Waals surface area contributed by atoms with Crippen LogP contribution in [0.15, 0.2) is 30.3 Å². The Bertz CT molecular complexity index is 471. The van der Waals surface area contributed by atoms with Crippen molar-refractivity contribution in [2.45, 2.75) is 50.2 Å². The smallest absolute Gasteiger partial charge is 0.327 e. The Labute approximate surface area is 123 Å². The Hall–Kier alpha value is -1.03. The molecular weight excluding hydrogens is 275 g/mol. The minimum Gasteiger partial charge on any atom is -0.327 e. The number of nitrogens with two attached hydrogens (primary N) is 1. The van der Waals surface area contributed by atoms with Crippen LogP contribution in [-0.2, 0) is 0 Å². The van der Waals surface area contributed by atoms with E-state index in [2.05, 4.69) is 12.1 Å². The van der Waals surface area contributed by atoms with Gasteiger partial charge in [0.1, 0.15) is 0 Å². The van der Waals surface area contributed by atoms with Gasteiger partial charge < -0.3 is 5.73 Å². The third-order valence-corrected chi connectivity index (χ3v) is 5.28. The van der Waals surface area contributed by atoms with Gasteiger partial charge in [0.15, 0.2) is 0 Å². The van der Waals surface area contributed by atoms with Crippen molar-refractivity contribution in [3.05, 3.63) is 35.9 Å². The topological polar surface area (TPSA) is 26.0 Å². The molecule has 21 heavy (non-hydrogen) atoms. The molecule has 1 aromatic carbocycles. The molecule has 2 saturated carbocycles. The van der Waals surface area contributed by atoms with Crippen molar-refractivity contribution in [2.24, 2.45) is 23.5 Å². The maximum absolute atomic E-state index is 12.9. The highest BCUT2D eigenvalue weighted by Gasteiger charge is 2.48. The minimum absolute atomic E-state index is 0.0316. The zero-order valence-corrected chi connectivity index (χ0v) is 12.0. The summed E-state index contributed by atoms with van der Waals surface area (Å²) in [5.41, 5.74) is 7.60. The second kappa shape index (κ2) is 5.64. The lowest BCUT2D eigenvalue weighted by atomic mass is 9.76. The van der Waals surface area contributed by atoms with Gasteiger partial charge >= 0.3 is 6.18 Å². The maximum Gasteiger partial charge on any atom is 0.391 e. The SMILES string of the molecule is NC(C1CCCC(C(F)(F)F)C1)C1CC1c1ccccc1. The Kier molecular flexibility index (Phi) is 4.00. The molecule has 4 heteroatoms. The molecule has 3 rings (SSSR count). The zero-order chi connectivity index (χ0) is 15.0. The van der Waals surface area contributed by atoms with Crippen LogP contribution in [0.3, 0.4) is 0 Å². The first-order valence-corrected chi connectivity index (χ1v) is 7.84. The molecule has 2 N–H and O–H groups in total. The average molecular weight is 297 g/mol. The van der Waals surface area contributed by atoms with Gasteiger partial charge in [-0.15, -0.1) is 0 Å². The van der Waals surface area contributed by atoms with E-state index in [1.807, 2.05) is 18.2 Å². The highest BCUT2D eigenvalue weighted by atomic mass is 19.4. The predicted octanol–water partition coefficient (Wildman–Crippen LogP) is 4.49. The van der Waals surface area contributed by atoms with Crippen LogP contribution in [0.2, 0.25) is 0 Å². The number of rotatable bonds is 3. The van der Waals surface area contributed by atoms with E-state index >= 15 is 0 Å². The van der Waals surface area contributed by atoms with Crippen LogP contribution in [-0.4, -0.2) is 12.2 Å². The minimum atomic E-state index is -4.05. The highest BCUT2D eigenvalue weighted by Crippen LogP contribution is 2.52. The Morgan fingerprint density at radius 2 is 1.76 bits per heavy atom. The van der Waals surface area contributed by atoms with Gasteiger partial charge in [-0.3, -0.25) is 0 Å². The standard InChI is InChI=1S/C17H22F3N/c18-17(19,20)13-8-4-7-12(9-13)16(21)15-10-14(15)11-5-2-1-3-6-11/h1-3,5-6,12-16H,4,7-10,21H2. The predicted molar refractivity (Wildman–Crippen MR) is 76.8 cm³/mol. The second-order valence-corrected chi connectivity index (χ2v) is 6.66. The van der Waals surface area contributed by atoms with Gasteiger partial charge in [0.25, 0.3) is 0 Å². The lowest BCUT2D eigenvalue weighted by Crippen LogP contribution is -2.39. The summed E-state index contributed by atoms with van der Waals surface area (Å²) in [7, 11) is 0. The van der Waals surface area contributed by atoms with Crippen LogP contribution in [0.25, 0.3) is 0 Å². The summed E-state index contributed by atoms with van der Waals surface area (Å²) in [4.78, 5) is 0. The quantitative estimate of drug-likeness (QED) is 0.874. The molecule has 0 spiro atoms. The first-order valence-electron chi connectivity index (χ1n) is 7.84. The fourth-order valence-electron chi connectivity index (χ4n) is 3.95. The van der Waals surface area contributed by atoms with Crippen molar-refractivity contribution in [3.8, 4) is 0 Å². The van der Waals surface area contributed by atoms with Crippen LogP contribution >= 0.6 is 0 Å². The van der Waals surface area contributed by atoms with Crippen LogP contribution in [0.1, 0.15) is 43.6 Å². The van der Waals surface area contributed by atoms with E-state index in [4.69, 9.17) is 5.73 Å². The van der Waals surface area contributed by atoms with Gasteiger partial charge in [-0.05, 0) is 49.0 Å². The molecule has 2 fully saturated rings. The van der Waals surface area contributed by atoms with E-state index in [0.717, 1.165) is 12.8 Å². The molecule has 0 heterocycles. The molecule has 0 aliphatic heterocycles. The highest BCUT2D eigenvalue weighted by molar-refractivity contribution is 5.26. The molecule has 0 bridgehead atoms. The summed E-state index contributed by atoms with van der Waals surface area (Å²) in [6, 6.07) is 10.1. The average Bonchev–Trinajstić information content (AvgIpc) is 3.27. The molecule has 0 saturated heterocycles. The van der Waals surface area contributed by atoms with Crippen LogP contribution < -0.4 is 5.73 Å². The largest absolute Gasteiger partial charge is 0.391 e. The maximum atomic E-state index is 12.9. The fourth-order valence-corrected chi connectivity index (χ4v) is 3.95.